The molecule has 0 aliphatic carbocycles. The first-order valence-corrected chi connectivity index (χ1v) is 9.39. The van der Waals surface area contributed by atoms with Crippen LogP contribution in [0.1, 0.15) is 34.9 Å². The van der Waals surface area contributed by atoms with Crippen molar-refractivity contribution in [1.82, 2.24) is 10.2 Å². The monoisotopic (exact) mass is 371 g/mol. The SMILES string of the molecule is O=C1NC(c2ccc(OCCN3CCCC3)cc2)Nc2cc(Cl)ccc21. The first-order valence-electron chi connectivity index (χ1n) is 9.01. The Bertz CT molecular complexity index is 788. The molecule has 2 heterocycles. The molecular formula is C20H22ClN3O2. The van der Waals surface area contributed by atoms with Crippen molar-refractivity contribution in [2.45, 2.75) is 19.0 Å². The van der Waals surface area contributed by atoms with Crippen molar-refractivity contribution in [2.75, 3.05) is 31.6 Å². The predicted octanol–water partition coefficient (Wildman–Crippen LogP) is 3.67. The Hall–Kier alpha value is -2.24. The minimum absolute atomic E-state index is 0.105. The van der Waals surface area contributed by atoms with Crippen LogP contribution in [0, 0.1) is 0 Å². The molecule has 0 spiro atoms. The Morgan fingerprint density at radius 2 is 1.85 bits per heavy atom. The summed E-state index contributed by atoms with van der Waals surface area (Å²) in [6.07, 6.45) is 2.30. The Morgan fingerprint density at radius 3 is 2.62 bits per heavy atom. The average Bonchev–Trinajstić information content (AvgIpc) is 3.15. The second kappa shape index (κ2) is 7.56. The van der Waals surface area contributed by atoms with Gasteiger partial charge in [-0.3, -0.25) is 9.69 Å². The maximum absolute atomic E-state index is 12.3. The van der Waals surface area contributed by atoms with Gasteiger partial charge in [0.15, 0.2) is 0 Å². The number of hydrogen-bond donors (Lipinski definition) is 2. The molecule has 2 aromatic rings. The lowest BCUT2D eigenvalue weighted by molar-refractivity contribution is 0.0935. The third-order valence-electron chi connectivity index (χ3n) is 4.89. The first kappa shape index (κ1) is 17.2. The minimum Gasteiger partial charge on any atom is -0.492 e. The number of rotatable bonds is 5. The molecule has 1 atom stereocenters. The molecule has 1 unspecified atom stereocenters. The molecule has 0 saturated carbocycles. The molecule has 2 aliphatic heterocycles. The van der Waals surface area contributed by atoms with Gasteiger partial charge >= 0.3 is 0 Å². The lowest BCUT2D eigenvalue weighted by Crippen LogP contribution is -2.38. The Balaban J connectivity index is 1.38. The molecule has 26 heavy (non-hydrogen) atoms. The summed E-state index contributed by atoms with van der Waals surface area (Å²) >= 11 is 6.04. The summed E-state index contributed by atoms with van der Waals surface area (Å²) < 4.78 is 5.84. The molecule has 2 N–H and O–H groups in total. The standard InChI is InChI=1S/C20H22ClN3O2/c21-15-5-8-17-18(13-15)22-19(23-20(17)25)14-3-6-16(7-4-14)26-12-11-24-9-1-2-10-24/h3-8,13,19,22H,1-2,9-12H2,(H,23,25). The zero-order chi connectivity index (χ0) is 17.9. The molecule has 0 aromatic heterocycles. The first-order chi connectivity index (χ1) is 12.7. The normalized spacial score (nSPS) is 19.6. The van der Waals surface area contributed by atoms with Crippen molar-refractivity contribution in [3.8, 4) is 5.75 Å². The third-order valence-corrected chi connectivity index (χ3v) is 5.12. The minimum atomic E-state index is -0.285. The van der Waals surface area contributed by atoms with Crippen LogP contribution in [0.2, 0.25) is 5.02 Å². The van der Waals surface area contributed by atoms with Crippen molar-refractivity contribution in [2.24, 2.45) is 0 Å². The highest BCUT2D eigenvalue weighted by Gasteiger charge is 2.24. The second-order valence-electron chi connectivity index (χ2n) is 6.71. The van der Waals surface area contributed by atoms with Crippen LogP contribution < -0.4 is 15.4 Å². The summed E-state index contributed by atoms with van der Waals surface area (Å²) in [6, 6.07) is 13.1. The van der Waals surface area contributed by atoms with E-state index in [0.717, 1.165) is 23.5 Å². The van der Waals surface area contributed by atoms with Gasteiger partial charge in [-0.15, -0.1) is 0 Å². The molecule has 5 nitrogen and oxygen atoms in total. The smallest absolute Gasteiger partial charge is 0.255 e. The highest BCUT2D eigenvalue weighted by molar-refractivity contribution is 6.31. The van der Waals surface area contributed by atoms with E-state index in [1.165, 1.54) is 25.9 Å². The van der Waals surface area contributed by atoms with E-state index in [2.05, 4.69) is 15.5 Å². The van der Waals surface area contributed by atoms with Gasteiger partial charge in [-0.25, -0.2) is 0 Å². The van der Waals surface area contributed by atoms with Gasteiger partial charge < -0.3 is 15.4 Å². The van der Waals surface area contributed by atoms with E-state index in [1.807, 2.05) is 24.3 Å². The van der Waals surface area contributed by atoms with Crippen LogP contribution in [-0.2, 0) is 0 Å². The molecular weight excluding hydrogens is 350 g/mol. The summed E-state index contributed by atoms with van der Waals surface area (Å²) in [5.74, 6) is 0.741. The van der Waals surface area contributed by atoms with E-state index in [-0.39, 0.29) is 12.1 Å². The Kier molecular flexibility index (Phi) is 5.00. The second-order valence-corrected chi connectivity index (χ2v) is 7.14. The van der Waals surface area contributed by atoms with E-state index in [1.54, 1.807) is 18.2 Å². The number of nitrogens with zero attached hydrogens (tertiary/aromatic N) is 1. The van der Waals surface area contributed by atoms with Gasteiger partial charge in [-0.05, 0) is 61.8 Å². The lowest BCUT2D eigenvalue weighted by atomic mass is 10.1. The van der Waals surface area contributed by atoms with E-state index < -0.39 is 0 Å². The predicted molar refractivity (Wildman–Crippen MR) is 103 cm³/mol. The van der Waals surface area contributed by atoms with Crippen molar-refractivity contribution >= 4 is 23.2 Å². The summed E-state index contributed by atoms with van der Waals surface area (Å²) in [6.45, 7) is 4.03. The number of anilines is 1. The number of benzene rings is 2. The van der Waals surface area contributed by atoms with Crippen LogP contribution in [0.5, 0.6) is 5.75 Å². The summed E-state index contributed by atoms with van der Waals surface area (Å²) in [7, 11) is 0. The van der Waals surface area contributed by atoms with E-state index in [0.29, 0.717) is 17.2 Å². The summed E-state index contributed by atoms with van der Waals surface area (Å²) in [5.41, 5.74) is 2.32. The molecule has 1 saturated heterocycles. The molecule has 2 aromatic carbocycles. The molecule has 6 heteroatoms. The maximum Gasteiger partial charge on any atom is 0.255 e. The summed E-state index contributed by atoms with van der Waals surface area (Å²) in [5, 5.41) is 6.89. The fourth-order valence-electron chi connectivity index (χ4n) is 3.46. The molecule has 136 valence electrons. The number of nitrogens with one attached hydrogen (secondary N) is 2. The van der Waals surface area contributed by atoms with Crippen molar-refractivity contribution < 1.29 is 9.53 Å². The van der Waals surface area contributed by atoms with Gasteiger partial charge in [-0.1, -0.05) is 23.7 Å². The molecule has 0 radical (unpaired) electrons. The number of fused-ring (bicyclic) bond motifs is 1. The lowest BCUT2D eigenvalue weighted by Gasteiger charge is -2.28. The average molecular weight is 372 g/mol. The van der Waals surface area contributed by atoms with Crippen LogP contribution in [0.15, 0.2) is 42.5 Å². The van der Waals surface area contributed by atoms with Gasteiger partial charge in [0.1, 0.15) is 18.5 Å². The summed E-state index contributed by atoms with van der Waals surface area (Å²) in [4.78, 5) is 14.7. The van der Waals surface area contributed by atoms with Gasteiger partial charge in [0.2, 0.25) is 0 Å². The highest BCUT2D eigenvalue weighted by Crippen LogP contribution is 2.29. The van der Waals surface area contributed by atoms with Gasteiger partial charge in [0.25, 0.3) is 5.91 Å². The highest BCUT2D eigenvalue weighted by atomic mass is 35.5. The molecule has 1 fully saturated rings. The molecule has 4 rings (SSSR count). The van der Waals surface area contributed by atoms with Gasteiger partial charge in [0.05, 0.1) is 11.3 Å². The Labute approximate surface area is 158 Å². The number of amides is 1. The van der Waals surface area contributed by atoms with E-state index in [4.69, 9.17) is 16.3 Å². The third kappa shape index (κ3) is 3.79. The largest absolute Gasteiger partial charge is 0.492 e. The zero-order valence-corrected chi connectivity index (χ0v) is 15.3. The van der Waals surface area contributed by atoms with Crippen LogP contribution in [0.25, 0.3) is 0 Å². The molecule has 0 bridgehead atoms. The quantitative estimate of drug-likeness (QED) is 0.842. The van der Waals surface area contributed by atoms with Gasteiger partial charge in [-0.2, -0.15) is 0 Å². The van der Waals surface area contributed by atoms with Crippen LogP contribution in [-0.4, -0.2) is 37.0 Å². The van der Waals surface area contributed by atoms with Crippen LogP contribution >= 0.6 is 11.6 Å². The van der Waals surface area contributed by atoms with Gasteiger partial charge in [0, 0.05) is 11.6 Å². The fourth-order valence-corrected chi connectivity index (χ4v) is 3.63. The Morgan fingerprint density at radius 1 is 1.08 bits per heavy atom. The van der Waals surface area contributed by atoms with E-state index in [9.17, 15) is 4.79 Å². The van der Waals surface area contributed by atoms with Crippen molar-refractivity contribution in [3.63, 3.8) is 0 Å². The number of halogens is 1. The number of likely N-dealkylation sites (tertiary alicyclic amines) is 1. The van der Waals surface area contributed by atoms with Crippen LogP contribution in [0.4, 0.5) is 5.69 Å². The molecule has 1 amide bonds. The maximum atomic E-state index is 12.3. The number of hydrogen-bond acceptors (Lipinski definition) is 4. The fraction of sp³-hybridized carbons (Fsp3) is 0.350. The molecule has 2 aliphatic rings. The van der Waals surface area contributed by atoms with Crippen molar-refractivity contribution in [3.05, 3.63) is 58.6 Å². The van der Waals surface area contributed by atoms with Crippen LogP contribution in [0.3, 0.4) is 0 Å². The van der Waals surface area contributed by atoms with E-state index >= 15 is 0 Å². The number of ether oxygens (including phenoxy) is 1. The van der Waals surface area contributed by atoms with Crippen molar-refractivity contribution in [1.29, 1.82) is 0 Å². The zero-order valence-electron chi connectivity index (χ0n) is 14.5. The number of carbonyl (C=O) groups is 1. The number of carbonyl (C=O) groups excluding carboxylic acids is 1. The topological polar surface area (TPSA) is 53.6 Å².